The number of hydrogen-bond acceptors (Lipinski definition) is 17. The van der Waals surface area contributed by atoms with Crippen molar-refractivity contribution in [3.8, 4) is 0 Å². The van der Waals surface area contributed by atoms with Gasteiger partial charge in [-0.2, -0.15) is 0 Å². The lowest BCUT2D eigenvalue weighted by molar-refractivity contribution is -0.145. The fraction of sp³-hybridized carbons (Fsp3) is 0.237. The second-order valence-electron chi connectivity index (χ2n) is 24.8. The van der Waals surface area contributed by atoms with Crippen molar-refractivity contribution in [3.63, 3.8) is 0 Å². The number of nitrogens with one attached hydrogen (secondary N) is 5. The van der Waals surface area contributed by atoms with Gasteiger partial charge in [-0.05, 0) is 183 Å². The Morgan fingerprint density at radius 1 is 0.505 bits per heavy atom. The lowest BCUT2D eigenvalue weighted by Crippen LogP contribution is -2.57. The molecule has 0 bridgehead atoms. The second-order valence-corrected chi connectivity index (χ2v) is 26.7. The Hall–Kier alpha value is -11.3. The summed E-state index contributed by atoms with van der Waals surface area (Å²) in [5, 5.41) is 25.8. The minimum Gasteiger partial charge on any atom is -0.480 e. The highest BCUT2D eigenvalue weighted by molar-refractivity contribution is 9.10. The smallest absolute Gasteiger partial charge is 0.323 e. The first-order valence-corrected chi connectivity index (χ1v) is 34.8. The Bertz CT molecular complexity index is 5050. The number of benzene rings is 3. The molecular weight excluding hydrogens is 1490 g/mol. The standard InChI is InChI=1S/C27H26N6O3.C22H21BrN4O3.C12H10BrNO3.C10H13N3O.C5H6N2.ClH/c1-17-5-3-7-25(29-17)31-27(36)24-10-12-33(24)26(35)16-32-15-22(18(2)34)21-13-19(8-9-23(21)32)30-20-6-4-11-28-14-20;1-13-4-3-5-20(24-13)25-22(30)19-8-9-27(19)21(29)12-26-11-17(14(2)28)16-10-15(23)6-7-18(16)26;1-7(15)10-5-14(6-12(16)17)11-3-2-8(13)4-9(10)11;1-7-3-2-4-9(12-7)13-10(14)8-5-6-11-8;6-5-2-1-3-7-4-5;/h3-9,11,13-15,24,30H,10,12,16H2,1-2H3,(H,29,31,36);3-7,10-11,19H,8-9,12H2,1-2H3,(H,24,25,30);2-5H,6H2,1H3,(H,16,17);2-4,8,11H,5-6H2,1H3,(H,12,13,14);1-4H,6H2;1H/t24-;19-;;8-;;/m00.0../s1. The molecule has 26 nitrogen and oxygen atoms in total. The number of nitrogen functional groups attached to an aromatic ring is 1. The van der Waals surface area contributed by atoms with Crippen molar-refractivity contribution in [2.75, 3.05) is 46.6 Å². The van der Waals surface area contributed by atoms with Gasteiger partial charge in [-0.3, -0.25) is 53.1 Å². The first-order valence-electron chi connectivity index (χ1n) is 33.2. The number of aromatic nitrogens is 8. The number of Topliss-reactive ketones (excluding diaryl/α,β-unsaturated/α-hetero) is 3. The molecule has 3 aliphatic heterocycles. The Morgan fingerprint density at radius 2 is 0.914 bits per heavy atom. The number of aryl methyl sites for hydroxylation is 3. The molecule has 8 N–H and O–H groups in total. The molecule has 0 spiro atoms. The fourth-order valence-corrected chi connectivity index (χ4v) is 12.4. The Labute approximate surface area is 627 Å². The molecule has 3 saturated heterocycles. The minimum atomic E-state index is -0.931. The molecule has 8 aromatic heterocycles. The average molecular weight is 1570 g/mol. The number of amides is 5. The molecule has 3 atom stereocenters. The van der Waals surface area contributed by atoms with Crippen LogP contribution >= 0.6 is 44.3 Å². The Morgan fingerprint density at radius 3 is 1.26 bits per heavy atom. The van der Waals surface area contributed by atoms with Gasteiger partial charge in [0.1, 0.15) is 49.2 Å². The van der Waals surface area contributed by atoms with Crippen LogP contribution in [0, 0.1) is 20.8 Å². The number of likely N-dealkylation sites (tertiary alicyclic amines) is 2. The zero-order chi connectivity index (χ0) is 74.3. The van der Waals surface area contributed by atoms with Crippen LogP contribution in [0.1, 0.15) is 88.2 Å². The van der Waals surface area contributed by atoms with Crippen LogP contribution in [0.4, 0.5) is 34.5 Å². The van der Waals surface area contributed by atoms with Crippen LogP contribution in [0.15, 0.2) is 186 Å². The van der Waals surface area contributed by atoms with Gasteiger partial charge in [-0.1, -0.05) is 50.1 Å². The van der Waals surface area contributed by atoms with Crippen molar-refractivity contribution in [2.24, 2.45) is 0 Å². The normalized spacial score (nSPS) is 14.5. The molecule has 29 heteroatoms. The van der Waals surface area contributed by atoms with Gasteiger partial charge >= 0.3 is 5.97 Å². The maximum absolute atomic E-state index is 13.2. The number of nitrogens with zero attached hydrogens (tertiary/aromatic N) is 10. The van der Waals surface area contributed by atoms with E-state index in [9.17, 15) is 43.2 Å². The van der Waals surface area contributed by atoms with Crippen LogP contribution < -0.4 is 32.3 Å². The SMILES string of the molecule is CC(=O)c1cn(CC(=O)N2CC[C@H]2C(=O)Nc2cccc(C)n2)c2ccc(Br)cc12.CC(=O)c1cn(CC(=O)N2CC[C@H]2C(=O)Nc2cccc(C)n2)c2ccc(Nc3cccnc3)cc12.CC(=O)c1cn(CC(=O)O)c2ccc(Br)cc12.Cc1cccc(NC(=O)[C@@H]2CCN2)n1.Cl.Nc1cccnc1. The summed E-state index contributed by atoms with van der Waals surface area (Å²) >= 11 is 6.77. The number of fused-ring (bicyclic) bond motifs is 3. The van der Waals surface area contributed by atoms with Crippen LogP contribution in [-0.4, -0.2) is 144 Å². The van der Waals surface area contributed by atoms with Crippen LogP contribution in [0.3, 0.4) is 0 Å². The molecule has 0 radical (unpaired) electrons. The van der Waals surface area contributed by atoms with Crippen molar-refractivity contribution in [2.45, 2.75) is 98.6 Å². The van der Waals surface area contributed by atoms with Crippen molar-refractivity contribution in [3.05, 3.63) is 220 Å². The molecule has 11 aromatic rings. The number of nitrogens with two attached hydrogens (primary N) is 1. The predicted molar refractivity (Wildman–Crippen MR) is 412 cm³/mol. The summed E-state index contributed by atoms with van der Waals surface area (Å²) in [4.78, 5) is 133. The summed E-state index contributed by atoms with van der Waals surface area (Å²) in [6, 6.07) is 39.4. The van der Waals surface area contributed by atoms with Crippen LogP contribution in [0.25, 0.3) is 32.7 Å². The van der Waals surface area contributed by atoms with Crippen molar-refractivity contribution < 1.29 is 48.3 Å². The number of carboxylic acids is 1. The topological polar surface area (TPSA) is 346 Å². The first kappa shape index (κ1) is 77.8. The third-order valence-corrected chi connectivity index (χ3v) is 18.1. The maximum atomic E-state index is 13.2. The van der Waals surface area contributed by atoms with E-state index in [1.54, 1.807) is 103 Å². The lowest BCUT2D eigenvalue weighted by atomic mass is 10.0. The van der Waals surface area contributed by atoms with E-state index in [0.29, 0.717) is 65.8 Å². The Balaban J connectivity index is 0.000000165. The summed E-state index contributed by atoms with van der Waals surface area (Å²) in [7, 11) is 0. The molecule has 5 amide bonds. The molecule has 0 saturated carbocycles. The van der Waals surface area contributed by atoms with Crippen LogP contribution in [0.2, 0.25) is 0 Å². The van der Waals surface area contributed by atoms with Crippen LogP contribution in [0.5, 0.6) is 0 Å². The zero-order valence-corrected chi connectivity index (χ0v) is 62.2. The Kier molecular flexibility index (Phi) is 26.5. The summed E-state index contributed by atoms with van der Waals surface area (Å²) in [6.07, 6.45) is 13.9. The van der Waals surface area contributed by atoms with Crippen LogP contribution in [-0.2, 0) is 48.4 Å². The van der Waals surface area contributed by atoms with Gasteiger partial charge in [0.05, 0.1) is 23.6 Å². The minimum absolute atomic E-state index is 0. The second kappa shape index (κ2) is 35.7. The van der Waals surface area contributed by atoms with E-state index in [2.05, 4.69) is 83.4 Å². The van der Waals surface area contributed by atoms with E-state index >= 15 is 0 Å². The number of carbonyl (C=O) groups is 9. The van der Waals surface area contributed by atoms with Crippen molar-refractivity contribution >= 4 is 164 Å². The zero-order valence-electron chi connectivity index (χ0n) is 58.2. The molecule has 11 heterocycles. The highest BCUT2D eigenvalue weighted by atomic mass is 79.9. The number of pyridine rings is 5. The van der Waals surface area contributed by atoms with Gasteiger partial charge in [0.25, 0.3) is 0 Å². The number of aliphatic carboxylic acids is 1. The molecular formula is C76H77Br2ClN16O10. The number of ketones is 3. The highest BCUT2D eigenvalue weighted by Crippen LogP contribution is 2.31. The first-order chi connectivity index (χ1) is 49.8. The molecule has 0 unspecified atom stereocenters. The van der Waals surface area contributed by atoms with E-state index in [-0.39, 0.29) is 85.0 Å². The summed E-state index contributed by atoms with van der Waals surface area (Å²) < 4.78 is 6.85. The van der Waals surface area contributed by atoms with Crippen molar-refractivity contribution in [1.29, 1.82) is 0 Å². The third-order valence-electron chi connectivity index (χ3n) is 17.1. The van der Waals surface area contributed by atoms with Gasteiger partial charge in [-0.25, -0.2) is 15.0 Å². The maximum Gasteiger partial charge on any atom is 0.323 e. The number of carboxylic acid groups (broad SMARTS) is 1. The average Bonchev–Trinajstić information content (AvgIpc) is 1.65. The molecule has 3 aliphatic rings. The molecule has 0 aliphatic carbocycles. The largest absolute Gasteiger partial charge is 0.480 e. The number of rotatable bonds is 17. The predicted octanol–water partition coefficient (Wildman–Crippen LogP) is 11.9. The number of halogens is 3. The van der Waals surface area contributed by atoms with E-state index in [1.165, 1.54) is 20.8 Å². The van der Waals surface area contributed by atoms with E-state index in [1.807, 2.05) is 118 Å². The molecule has 3 fully saturated rings. The summed E-state index contributed by atoms with van der Waals surface area (Å²) in [5.41, 5.74) is 14.1. The highest BCUT2D eigenvalue weighted by Gasteiger charge is 2.39. The molecule has 14 rings (SSSR count). The quantitative estimate of drug-likeness (QED) is 0.0416. The fourth-order valence-electron chi connectivity index (χ4n) is 11.6. The number of anilines is 6. The van der Waals surface area contributed by atoms with E-state index in [0.717, 1.165) is 83.1 Å². The van der Waals surface area contributed by atoms with E-state index in [4.69, 9.17) is 10.8 Å². The van der Waals surface area contributed by atoms with Gasteiger partial charge < -0.3 is 60.9 Å². The van der Waals surface area contributed by atoms with Crippen molar-refractivity contribution in [1.82, 2.24) is 53.7 Å². The van der Waals surface area contributed by atoms with Gasteiger partial charge in [0, 0.05) is 131 Å². The third kappa shape index (κ3) is 20.3. The van der Waals surface area contributed by atoms with Gasteiger partial charge in [0.2, 0.25) is 29.5 Å². The summed E-state index contributed by atoms with van der Waals surface area (Å²) in [6.45, 7) is 12.0. The summed E-state index contributed by atoms with van der Waals surface area (Å²) in [5.74, 6) is -0.386. The van der Waals surface area contributed by atoms with Gasteiger partial charge in [-0.15, -0.1) is 12.4 Å². The number of carbonyl (C=O) groups excluding carboxylic acids is 8. The monoisotopic (exact) mass is 1570 g/mol. The lowest BCUT2D eigenvalue weighted by Gasteiger charge is -2.39. The number of hydrogen-bond donors (Lipinski definition) is 7. The molecule has 542 valence electrons. The molecule has 3 aromatic carbocycles. The van der Waals surface area contributed by atoms with Gasteiger partial charge in [0.15, 0.2) is 17.3 Å². The molecule has 105 heavy (non-hydrogen) atoms. The van der Waals surface area contributed by atoms with E-state index < -0.39 is 18.1 Å².